The van der Waals surface area contributed by atoms with Crippen molar-refractivity contribution in [2.75, 3.05) is 20.1 Å². The zero-order chi connectivity index (χ0) is 9.56. The van der Waals surface area contributed by atoms with E-state index in [2.05, 4.69) is 32.7 Å². The first-order chi connectivity index (χ1) is 5.56. The Labute approximate surface area is 77.1 Å². The first-order valence-corrected chi connectivity index (χ1v) is 5.00. The zero-order valence-electron chi connectivity index (χ0n) is 9.01. The summed E-state index contributed by atoms with van der Waals surface area (Å²) in [6, 6.07) is 0.337. The highest BCUT2D eigenvalue weighted by Crippen LogP contribution is 2.03. The van der Waals surface area contributed by atoms with Gasteiger partial charge in [-0.1, -0.05) is 20.3 Å². The molecule has 0 heterocycles. The molecule has 0 aromatic carbocycles. The number of nitrogens with zero attached hydrogens (tertiary/aromatic N) is 1. The predicted octanol–water partition coefficient (Wildman–Crippen LogP) is 1.70. The summed E-state index contributed by atoms with van der Waals surface area (Å²) in [6.45, 7) is 8.93. The summed E-state index contributed by atoms with van der Waals surface area (Å²) in [6.07, 6.45) is 2.37. The maximum absolute atomic E-state index is 5.68. The average molecular weight is 172 g/mol. The van der Waals surface area contributed by atoms with Gasteiger partial charge in [0.15, 0.2) is 0 Å². The van der Waals surface area contributed by atoms with Crippen molar-refractivity contribution in [1.29, 1.82) is 0 Å². The summed E-state index contributed by atoms with van der Waals surface area (Å²) in [5.41, 5.74) is 5.68. The van der Waals surface area contributed by atoms with E-state index in [0.717, 1.165) is 18.9 Å². The van der Waals surface area contributed by atoms with Crippen LogP contribution in [0.5, 0.6) is 0 Å². The second-order valence-corrected chi connectivity index (χ2v) is 4.04. The van der Waals surface area contributed by atoms with Crippen LogP contribution in [0.15, 0.2) is 0 Å². The van der Waals surface area contributed by atoms with Crippen LogP contribution in [0.25, 0.3) is 0 Å². The van der Waals surface area contributed by atoms with Crippen molar-refractivity contribution in [3.8, 4) is 0 Å². The smallest absolute Gasteiger partial charge is 0.00226 e. The lowest BCUT2D eigenvalue weighted by Crippen LogP contribution is -2.29. The van der Waals surface area contributed by atoms with Crippen molar-refractivity contribution >= 4 is 0 Å². The van der Waals surface area contributed by atoms with Gasteiger partial charge in [-0.15, -0.1) is 0 Å². The molecule has 0 bridgehead atoms. The van der Waals surface area contributed by atoms with Gasteiger partial charge in [0.25, 0.3) is 0 Å². The summed E-state index contributed by atoms with van der Waals surface area (Å²) in [5, 5.41) is 0. The van der Waals surface area contributed by atoms with Gasteiger partial charge in [0.2, 0.25) is 0 Å². The van der Waals surface area contributed by atoms with E-state index in [4.69, 9.17) is 5.73 Å². The third-order valence-corrected chi connectivity index (χ3v) is 2.29. The normalized spacial score (nSPS) is 16.5. The van der Waals surface area contributed by atoms with Crippen molar-refractivity contribution < 1.29 is 0 Å². The molecular formula is C10H24N2. The largest absolute Gasteiger partial charge is 0.328 e. The lowest BCUT2D eigenvalue weighted by atomic mass is 10.1. The summed E-state index contributed by atoms with van der Waals surface area (Å²) in [4.78, 5) is 2.37. The third kappa shape index (κ3) is 6.62. The topological polar surface area (TPSA) is 29.3 Å². The summed E-state index contributed by atoms with van der Waals surface area (Å²) >= 11 is 0. The highest BCUT2D eigenvalue weighted by atomic mass is 15.1. The Bertz CT molecular complexity index is 102. The molecule has 2 unspecified atom stereocenters. The molecule has 0 fully saturated rings. The van der Waals surface area contributed by atoms with E-state index >= 15 is 0 Å². The van der Waals surface area contributed by atoms with Gasteiger partial charge in [0.05, 0.1) is 0 Å². The van der Waals surface area contributed by atoms with Crippen LogP contribution in [0.1, 0.15) is 33.6 Å². The summed E-state index contributed by atoms with van der Waals surface area (Å²) in [7, 11) is 2.18. The van der Waals surface area contributed by atoms with Crippen molar-refractivity contribution in [2.45, 2.75) is 39.7 Å². The maximum Gasteiger partial charge on any atom is 0.00226 e. The molecule has 0 aliphatic carbocycles. The molecule has 2 heteroatoms. The van der Waals surface area contributed by atoms with Gasteiger partial charge < -0.3 is 10.6 Å². The van der Waals surface area contributed by atoms with Crippen LogP contribution < -0.4 is 5.73 Å². The van der Waals surface area contributed by atoms with Gasteiger partial charge in [0, 0.05) is 12.6 Å². The third-order valence-electron chi connectivity index (χ3n) is 2.29. The number of nitrogens with two attached hydrogens (primary N) is 1. The Morgan fingerprint density at radius 1 is 1.33 bits per heavy atom. The maximum atomic E-state index is 5.68. The van der Waals surface area contributed by atoms with Crippen LogP contribution in [0.4, 0.5) is 0 Å². The Hall–Kier alpha value is -0.0800. The Morgan fingerprint density at radius 2 is 1.92 bits per heavy atom. The average Bonchev–Trinajstić information content (AvgIpc) is 2.00. The van der Waals surface area contributed by atoms with E-state index in [-0.39, 0.29) is 0 Å². The molecule has 0 radical (unpaired) electrons. The van der Waals surface area contributed by atoms with E-state index in [0.29, 0.717) is 6.04 Å². The molecule has 0 aromatic rings. The SMILES string of the molecule is CCC(C)CN(C)CCC(C)N. The Balaban J connectivity index is 3.39. The molecule has 0 amide bonds. The first kappa shape index (κ1) is 11.9. The van der Waals surface area contributed by atoms with Gasteiger partial charge in [-0.3, -0.25) is 0 Å². The molecule has 0 aromatic heterocycles. The van der Waals surface area contributed by atoms with Gasteiger partial charge >= 0.3 is 0 Å². The molecule has 74 valence electrons. The first-order valence-electron chi connectivity index (χ1n) is 5.00. The fourth-order valence-corrected chi connectivity index (χ4v) is 1.18. The molecule has 0 rings (SSSR count). The molecule has 2 nitrogen and oxygen atoms in total. The van der Waals surface area contributed by atoms with Crippen molar-refractivity contribution in [1.82, 2.24) is 4.90 Å². The number of hydrogen-bond donors (Lipinski definition) is 1. The highest BCUT2D eigenvalue weighted by molar-refractivity contribution is 4.61. The molecule has 0 spiro atoms. The van der Waals surface area contributed by atoms with Crippen LogP contribution in [0.2, 0.25) is 0 Å². The van der Waals surface area contributed by atoms with Gasteiger partial charge in [0.1, 0.15) is 0 Å². The van der Waals surface area contributed by atoms with Crippen molar-refractivity contribution in [3.05, 3.63) is 0 Å². The molecule has 0 saturated carbocycles. The van der Waals surface area contributed by atoms with Crippen LogP contribution >= 0.6 is 0 Å². The second-order valence-electron chi connectivity index (χ2n) is 4.04. The van der Waals surface area contributed by atoms with Crippen molar-refractivity contribution in [3.63, 3.8) is 0 Å². The minimum atomic E-state index is 0.337. The van der Waals surface area contributed by atoms with Crippen LogP contribution in [0, 0.1) is 5.92 Å². The van der Waals surface area contributed by atoms with Gasteiger partial charge in [-0.05, 0) is 32.9 Å². The monoisotopic (exact) mass is 172 g/mol. The predicted molar refractivity (Wildman–Crippen MR) is 55.2 cm³/mol. The fourth-order valence-electron chi connectivity index (χ4n) is 1.18. The summed E-state index contributed by atoms with van der Waals surface area (Å²) in [5.74, 6) is 0.808. The minimum Gasteiger partial charge on any atom is -0.328 e. The van der Waals surface area contributed by atoms with E-state index in [1.54, 1.807) is 0 Å². The zero-order valence-corrected chi connectivity index (χ0v) is 9.01. The highest BCUT2D eigenvalue weighted by Gasteiger charge is 2.04. The van der Waals surface area contributed by atoms with E-state index in [1.807, 2.05) is 0 Å². The lowest BCUT2D eigenvalue weighted by Gasteiger charge is -2.21. The van der Waals surface area contributed by atoms with Gasteiger partial charge in [-0.25, -0.2) is 0 Å². The van der Waals surface area contributed by atoms with Crippen LogP contribution in [-0.4, -0.2) is 31.1 Å². The molecule has 0 aliphatic rings. The Morgan fingerprint density at radius 3 is 2.33 bits per heavy atom. The minimum absolute atomic E-state index is 0.337. The van der Waals surface area contributed by atoms with E-state index < -0.39 is 0 Å². The standard InChI is InChI=1S/C10H24N2/c1-5-9(2)8-12(4)7-6-10(3)11/h9-10H,5-8,11H2,1-4H3. The van der Waals surface area contributed by atoms with Gasteiger partial charge in [-0.2, -0.15) is 0 Å². The molecule has 2 N–H and O–H groups in total. The van der Waals surface area contributed by atoms with Crippen LogP contribution in [0.3, 0.4) is 0 Å². The molecular weight excluding hydrogens is 148 g/mol. The summed E-state index contributed by atoms with van der Waals surface area (Å²) < 4.78 is 0. The number of hydrogen-bond acceptors (Lipinski definition) is 2. The number of rotatable bonds is 6. The van der Waals surface area contributed by atoms with E-state index in [9.17, 15) is 0 Å². The van der Waals surface area contributed by atoms with Crippen LogP contribution in [-0.2, 0) is 0 Å². The second kappa shape index (κ2) is 6.44. The van der Waals surface area contributed by atoms with E-state index in [1.165, 1.54) is 13.0 Å². The Kier molecular flexibility index (Phi) is 6.39. The quantitative estimate of drug-likeness (QED) is 0.661. The molecule has 2 atom stereocenters. The van der Waals surface area contributed by atoms with Crippen molar-refractivity contribution in [2.24, 2.45) is 11.7 Å². The lowest BCUT2D eigenvalue weighted by molar-refractivity contribution is 0.274. The fraction of sp³-hybridized carbons (Fsp3) is 1.00. The molecule has 12 heavy (non-hydrogen) atoms. The molecule has 0 saturated heterocycles. The molecule has 0 aliphatic heterocycles.